The molecule has 0 saturated carbocycles. The molecule has 0 bridgehead atoms. The molecule has 0 amide bonds. The quantitative estimate of drug-likeness (QED) is 0.254. The Hall–Kier alpha value is -4.68. The fourth-order valence-corrected chi connectivity index (χ4v) is 3.51. The second-order valence-electron chi connectivity index (χ2n) is 7.42. The number of benzene rings is 3. The van der Waals surface area contributed by atoms with Gasteiger partial charge in [-0.05, 0) is 35.9 Å². The maximum atomic E-state index is 13.3. The molecule has 1 aromatic heterocycles. The Balaban J connectivity index is 1.53. The van der Waals surface area contributed by atoms with Gasteiger partial charge >= 0.3 is 0 Å². The second kappa shape index (κ2) is 11.2. The molecule has 2 N–H and O–H groups in total. The van der Waals surface area contributed by atoms with Crippen LogP contribution >= 0.6 is 11.6 Å². The highest BCUT2D eigenvalue weighted by Gasteiger charge is 2.13. The normalized spacial score (nSPS) is 10.7. The summed E-state index contributed by atoms with van der Waals surface area (Å²) in [6.45, 7) is 0.104. The zero-order chi connectivity index (χ0) is 25.5. The Morgan fingerprint density at radius 1 is 1.17 bits per heavy atom. The molecule has 0 aliphatic rings. The number of aromatic amines is 1. The first-order chi connectivity index (χ1) is 17.5. The van der Waals surface area contributed by atoms with Crippen LogP contribution in [0.15, 0.2) is 76.6 Å². The van der Waals surface area contributed by atoms with Gasteiger partial charge in [-0.15, -0.1) is 0 Å². The van der Waals surface area contributed by atoms with Gasteiger partial charge in [-0.25, -0.2) is 14.8 Å². The van der Waals surface area contributed by atoms with Crippen LogP contribution < -0.4 is 20.5 Å². The van der Waals surface area contributed by atoms with E-state index in [1.807, 2.05) is 12.1 Å². The molecule has 0 unspecified atom stereocenters. The van der Waals surface area contributed by atoms with Gasteiger partial charge in [0, 0.05) is 11.1 Å². The van der Waals surface area contributed by atoms with Crippen molar-refractivity contribution >= 4 is 23.8 Å². The Labute approximate surface area is 210 Å². The van der Waals surface area contributed by atoms with Crippen LogP contribution in [0.25, 0.3) is 11.3 Å². The highest BCUT2D eigenvalue weighted by Crippen LogP contribution is 2.29. The van der Waals surface area contributed by atoms with E-state index < -0.39 is 11.4 Å². The van der Waals surface area contributed by atoms with E-state index >= 15 is 0 Å². The molecular weight excluding hydrogens is 485 g/mol. The number of hydrazone groups is 1. The van der Waals surface area contributed by atoms with Crippen LogP contribution in [-0.2, 0) is 6.61 Å². The number of nitrogens with zero attached hydrogens (tertiary/aromatic N) is 3. The molecule has 0 saturated heterocycles. The number of anilines is 1. The molecule has 3 aromatic carbocycles. The fraction of sp³-hybridized carbons (Fsp3) is 0.0769. The Kier molecular flexibility index (Phi) is 7.58. The van der Waals surface area contributed by atoms with E-state index in [9.17, 15) is 14.4 Å². The average Bonchev–Trinajstić information content (AvgIpc) is 2.88. The number of rotatable bonds is 8. The minimum atomic E-state index is -0.580. The van der Waals surface area contributed by atoms with E-state index in [2.05, 4.69) is 20.5 Å². The monoisotopic (exact) mass is 503 g/mol. The van der Waals surface area contributed by atoms with Crippen molar-refractivity contribution < 1.29 is 13.9 Å². The number of halogens is 2. The zero-order valence-electron chi connectivity index (χ0n) is 19.0. The molecule has 0 radical (unpaired) electrons. The van der Waals surface area contributed by atoms with Crippen molar-refractivity contribution in [1.82, 2.24) is 9.97 Å². The minimum Gasteiger partial charge on any atom is -0.493 e. The van der Waals surface area contributed by atoms with Crippen LogP contribution in [0.3, 0.4) is 0 Å². The highest BCUT2D eigenvalue weighted by molar-refractivity contribution is 6.31. The third-order valence-corrected chi connectivity index (χ3v) is 5.40. The summed E-state index contributed by atoms with van der Waals surface area (Å²) in [5.41, 5.74) is 4.16. The summed E-state index contributed by atoms with van der Waals surface area (Å²) in [6, 6.07) is 20.1. The van der Waals surface area contributed by atoms with Gasteiger partial charge in [-0.1, -0.05) is 48.0 Å². The van der Waals surface area contributed by atoms with Crippen molar-refractivity contribution in [3.05, 3.63) is 105 Å². The predicted molar refractivity (Wildman–Crippen MR) is 135 cm³/mol. The number of methoxy groups -OCH3 is 1. The summed E-state index contributed by atoms with van der Waals surface area (Å²) in [4.78, 5) is 19.2. The lowest BCUT2D eigenvalue weighted by Crippen LogP contribution is -2.16. The van der Waals surface area contributed by atoms with E-state index in [4.69, 9.17) is 21.1 Å². The third kappa shape index (κ3) is 5.68. The maximum absolute atomic E-state index is 13.3. The van der Waals surface area contributed by atoms with Crippen molar-refractivity contribution in [3.63, 3.8) is 0 Å². The molecule has 0 aliphatic carbocycles. The standard InChI is InChI=1S/C26H19ClFN5O3/c1-35-22-10-7-16(11-23(22)36-15-18-8-9-19(28)12-21(18)27)14-30-33-26-31-24(17-5-3-2-4-6-17)20(13-29)25(34)32-26/h2-12,14H,15H2,1H3,(H2,31,32,33,34). The Bertz CT molecular complexity index is 1520. The van der Waals surface area contributed by atoms with Gasteiger partial charge in [-0.3, -0.25) is 9.78 Å². The summed E-state index contributed by atoms with van der Waals surface area (Å²) >= 11 is 6.08. The molecule has 0 aliphatic heterocycles. The van der Waals surface area contributed by atoms with Crippen LogP contribution in [0.4, 0.5) is 10.3 Å². The molecule has 4 rings (SSSR count). The lowest BCUT2D eigenvalue weighted by molar-refractivity contribution is 0.284. The molecule has 8 nitrogen and oxygen atoms in total. The first-order valence-corrected chi connectivity index (χ1v) is 11.0. The first kappa shape index (κ1) is 24.4. The molecule has 4 aromatic rings. The predicted octanol–water partition coefficient (Wildman–Crippen LogP) is 5.13. The summed E-state index contributed by atoms with van der Waals surface area (Å²) in [5, 5.41) is 13.8. The molecule has 0 fully saturated rings. The van der Waals surface area contributed by atoms with Gasteiger partial charge in [-0.2, -0.15) is 10.4 Å². The van der Waals surface area contributed by atoms with Crippen molar-refractivity contribution in [2.45, 2.75) is 6.61 Å². The van der Waals surface area contributed by atoms with E-state index in [-0.39, 0.29) is 28.8 Å². The van der Waals surface area contributed by atoms with Crippen LogP contribution in [0.1, 0.15) is 16.7 Å². The van der Waals surface area contributed by atoms with Gasteiger partial charge < -0.3 is 9.47 Å². The lowest BCUT2D eigenvalue weighted by Gasteiger charge is -2.12. The van der Waals surface area contributed by atoms with Crippen molar-refractivity contribution in [2.24, 2.45) is 5.10 Å². The van der Waals surface area contributed by atoms with E-state index in [0.29, 0.717) is 28.2 Å². The van der Waals surface area contributed by atoms with E-state index in [0.717, 1.165) is 0 Å². The zero-order valence-corrected chi connectivity index (χ0v) is 19.7. The van der Waals surface area contributed by atoms with Crippen LogP contribution in [0, 0.1) is 17.1 Å². The molecule has 1 heterocycles. The van der Waals surface area contributed by atoms with Gasteiger partial charge in [0.2, 0.25) is 5.95 Å². The fourth-order valence-electron chi connectivity index (χ4n) is 3.28. The first-order valence-electron chi connectivity index (χ1n) is 10.6. The van der Waals surface area contributed by atoms with Gasteiger partial charge in [0.15, 0.2) is 11.5 Å². The summed E-state index contributed by atoms with van der Waals surface area (Å²) in [5.74, 6) is 0.563. The van der Waals surface area contributed by atoms with Gasteiger partial charge in [0.05, 0.1) is 24.0 Å². The number of ether oxygens (including phenoxy) is 2. The number of hydrogen-bond acceptors (Lipinski definition) is 7. The summed E-state index contributed by atoms with van der Waals surface area (Å²) < 4.78 is 24.5. The Morgan fingerprint density at radius 2 is 1.97 bits per heavy atom. The Morgan fingerprint density at radius 3 is 2.69 bits per heavy atom. The second-order valence-corrected chi connectivity index (χ2v) is 7.83. The van der Waals surface area contributed by atoms with Gasteiger partial charge in [0.1, 0.15) is 24.1 Å². The number of nitrogens with one attached hydrogen (secondary N) is 2. The SMILES string of the molecule is COc1ccc(C=NNc2nc(-c3ccccc3)c(C#N)c(=O)[nH]2)cc1OCc1ccc(F)cc1Cl. The largest absolute Gasteiger partial charge is 0.493 e. The summed E-state index contributed by atoms with van der Waals surface area (Å²) in [6.07, 6.45) is 1.50. The average molecular weight is 504 g/mol. The molecule has 180 valence electrons. The molecule has 0 atom stereocenters. The van der Waals surface area contributed by atoms with Crippen molar-refractivity contribution in [2.75, 3.05) is 12.5 Å². The number of H-pyrrole nitrogens is 1. The molecule has 36 heavy (non-hydrogen) atoms. The van der Waals surface area contributed by atoms with Crippen LogP contribution in [-0.4, -0.2) is 23.3 Å². The molecule has 10 heteroatoms. The van der Waals surface area contributed by atoms with Gasteiger partial charge in [0.25, 0.3) is 5.56 Å². The number of aromatic nitrogens is 2. The maximum Gasteiger partial charge on any atom is 0.270 e. The smallest absolute Gasteiger partial charge is 0.270 e. The number of hydrogen-bond donors (Lipinski definition) is 2. The minimum absolute atomic E-state index is 0.0741. The molecular formula is C26H19ClFN5O3. The molecule has 0 spiro atoms. The lowest BCUT2D eigenvalue weighted by atomic mass is 10.1. The topological polar surface area (TPSA) is 112 Å². The van der Waals surface area contributed by atoms with E-state index in [1.54, 1.807) is 48.5 Å². The number of nitriles is 1. The van der Waals surface area contributed by atoms with Crippen molar-refractivity contribution in [1.29, 1.82) is 5.26 Å². The van der Waals surface area contributed by atoms with E-state index in [1.165, 1.54) is 25.5 Å². The summed E-state index contributed by atoms with van der Waals surface area (Å²) in [7, 11) is 1.51. The highest BCUT2D eigenvalue weighted by atomic mass is 35.5. The van der Waals surface area contributed by atoms with Crippen LogP contribution in [0.2, 0.25) is 5.02 Å². The third-order valence-electron chi connectivity index (χ3n) is 5.05. The van der Waals surface area contributed by atoms with Crippen LogP contribution in [0.5, 0.6) is 11.5 Å². The van der Waals surface area contributed by atoms with Crippen molar-refractivity contribution in [3.8, 4) is 28.8 Å².